The molecule has 0 spiro atoms. The van der Waals surface area contributed by atoms with Crippen LogP contribution in [0.1, 0.15) is 95.0 Å². The van der Waals surface area contributed by atoms with E-state index in [1.54, 1.807) is 0 Å². The van der Waals surface area contributed by atoms with E-state index in [2.05, 4.69) is 82.8 Å². The summed E-state index contributed by atoms with van der Waals surface area (Å²) >= 11 is 0. The van der Waals surface area contributed by atoms with E-state index >= 15 is 0 Å². The number of hydrogen-bond acceptors (Lipinski definition) is 3. The van der Waals surface area contributed by atoms with Crippen LogP contribution in [0.5, 0.6) is 0 Å². The van der Waals surface area contributed by atoms with E-state index in [1.807, 2.05) is 0 Å². The number of rotatable bonds is 7. The Morgan fingerprint density at radius 3 is 2.23 bits per heavy atom. The maximum absolute atomic E-state index is 13.5. The molecule has 3 atom stereocenters. The van der Waals surface area contributed by atoms with Gasteiger partial charge in [-0.1, -0.05) is 55.8 Å². The van der Waals surface area contributed by atoms with Crippen LogP contribution in [0.15, 0.2) is 54.6 Å². The summed E-state index contributed by atoms with van der Waals surface area (Å²) in [6.45, 7) is 7.40. The van der Waals surface area contributed by atoms with Gasteiger partial charge in [0.2, 0.25) is 5.91 Å². The highest BCUT2D eigenvalue weighted by atomic mass is 16.2. The summed E-state index contributed by atoms with van der Waals surface area (Å²) in [5.74, 6) is 1.61. The van der Waals surface area contributed by atoms with E-state index < -0.39 is 0 Å². The summed E-state index contributed by atoms with van der Waals surface area (Å²) in [5, 5.41) is 0. The quantitative estimate of drug-likeness (QED) is 0.324. The molecule has 212 valence electrons. The number of benzene rings is 2. The van der Waals surface area contributed by atoms with Crippen molar-refractivity contribution in [1.29, 1.82) is 0 Å². The SMILES string of the molecule is CCC1(C(=O)N2CCC(CCN3[C@@H]4CC[C@H]3CC(n3c(C)nc5ccccc53)C4)(c3ccccc3)CC2)CCC1. The van der Waals surface area contributed by atoms with Crippen molar-refractivity contribution in [2.45, 2.75) is 108 Å². The summed E-state index contributed by atoms with van der Waals surface area (Å²) in [6.07, 6.45) is 12.9. The van der Waals surface area contributed by atoms with Crippen molar-refractivity contribution >= 4 is 16.9 Å². The first-order valence-corrected chi connectivity index (χ1v) is 16.1. The highest BCUT2D eigenvalue weighted by molar-refractivity contribution is 5.83. The van der Waals surface area contributed by atoms with E-state index in [9.17, 15) is 4.79 Å². The molecular weight excluding hydrogens is 492 g/mol. The lowest BCUT2D eigenvalue weighted by atomic mass is 9.65. The summed E-state index contributed by atoms with van der Waals surface area (Å²) < 4.78 is 2.54. The van der Waals surface area contributed by atoms with Crippen molar-refractivity contribution in [2.24, 2.45) is 5.41 Å². The normalized spacial score (nSPS) is 27.6. The number of carbonyl (C=O) groups excluding carboxylic acids is 1. The fourth-order valence-corrected chi connectivity index (χ4v) is 9.06. The number of carbonyl (C=O) groups is 1. The second-order valence-corrected chi connectivity index (χ2v) is 13.4. The molecule has 4 heterocycles. The van der Waals surface area contributed by atoms with E-state index in [4.69, 9.17) is 4.98 Å². The Morgan fingerprint density at radius 2 is 1.57 bits per heavy atom. The molecule has 40 heavy (non-hydrogen) atoms. The number of likely N-dealkylation sites (tertiary alicyclic amines) is 1. The Labute approximate surface area is 239 Å². The van der Waals surface area contributed by atoms with Crippen LogP contribution in [0.4, 0.5) is 0 Å². The minimum Gasteiger partial charge on any atom is -0.342 e. The standard InChI is InChI=1S/C35H46N4O/c1-3-34(16-9-17-34)33(40)37-21-18-35(19-22-37,27-10-5-4-6-11-27)20-23-38-28-14-15-29(38)25-30(24-28)39-26(2)36-31-12-7-8-13-32(31)39/h4-8,10-13,28-30H,3,9,14-25H2,1-2H3/t28-,29+,30?. The molecule has 1 saturated carbocycles. The molecule has 1 unspecified atom stereocenters. The molecule has 0 N–H and O–H groups in total. The zero-order chi connectivity index (χ0) is 27.3. The van der Waals surface area contributed by atoms with Gasteiger partial charge in [0.1, 0.15) is 5.82 Å². The van der Waals surface area contributed by atoms with Crippen LogP contribution in [0.2, 0.25) is 0 Å². The number of aromatic nitrogens is 2. The van der Waals surface area contributed by atoms with Crippen molar-refractivity contribution in [1.82, 2.24) is 19.4 Å². The van der Waals surface area contributed by atoms with Gasteiger partial charge in [-0.15, -0.1) is 0 Å². The predicted octanol–water partition coefficient (Wildman–Crippen LogP) is 7.04. The number of nitrogens with zero attached hydrogens (tertiary/aromatic N) is 4. The Hall–Kier alpha value is -2.66. The molecule has 5 heteroatoms. The summed E-state index contributed by atoms with van der Waals surface area (Å²) in [4.78, 5) is 23.5. The van der Waals surface area contributed by atoms with Crippen LogP contribution in [-0.2, 0) is 10.2 Å². The third-order valence-electron chi connectivity index (χ3n) is 11.7. The van der Waals surface area contributed by atoms with Crippen molar-refractivity contribution in [3.63, 3.8) is 0 Å². The third-order valence-corrected chi connectivity index (χ3v) is 11.7. The fraction of sp³-hybridized carbons (Fsp3) is 0.600. The molecule has 2 aromatic carbocycles. The van der Waals surface area contributed by atoms with Gasteiger partial charge in [0.05, 0.1) is 11.0 Å². The zero-order valence-electron chi connectivity index (χ0n) is 24.5. The van der Waals surface area contributed by atoms with Gasteiger partial charge in [-0.2, -0.15) is 0 Å². The van der Waals surface area contributed by atoms with E-state index in [0.29, 0.717) is 24.0 Å². The van der Waals surface area contributed by atoms with Gasteiger partial charge in [-0.05, 0) is 101 Å². The van der Waals surface area contributed by atoms with Gasteiger partial charge in [-0.25, -0.2) is 4.98 Å². The molecule has 1 aliphatic carbocycles. The number of fused-ring (bicyclic) bond motifs is 3. The maximum atomic E-state index is 13.5. The number of hydrogen-bond donors (Lipinski definition) is 0. The van der Waals surface area contributed by atoms with E-state index in [0.717, 1.165) is 56.5 Å². The number of para-hydroxylation sites is 2. The van der Waals surface area contributed by atoms with Gasteiger partial charge in [0.15, 0.2) is 0 Å². The first-order chi connectivity index (χ1) is 19.5. The largest absolute Gasteiger partial charge is 0.342 e. The van der Waals surface area contributed by atoms with Crippen LogP contribution in [0.25, 0.3) is 11.0 Å². The molecule has 3 aromatic rings. The number of piperidine rings is 2. The van der Waals surface area contributed by atoms with Crippen LogP contribution in [0.3, 0.4) is 0 Å². The lowest BCUT2D eigenvalue weighted by Crippen LogP contribution is -2.53. The second-order valence-electron chi connectivity index (χ2n) is 13.4. The van der Waals surface area contributed by atoms with Crippen molar-refractivity contribution in [3.8, 4) is 0 Å². The number of aryl methyl sites for hydroxylation is 1. The zero-order valence-corrected chi connectivity index (χ0v) is 24.5. The first-order valence-electron chi connectivity index (χ1n) is 16.1. The topological polar surface area (TPSA) is 41.4 Å². The lowest BCUT2D eigenvalue weighted by molar-refractivity contribution is -0.149. The molecule has 4 fully saturated rings. The van der Waals surface area contributed by atoms with Gasteiger partial charge in [-0.3, -0.25) is 9.69 Å². The number of amides is 1. The Kier molecular flexibility index (Phi) is 6.77. The van der Waals surface area contributed by atoms with E-state index in [1.165, 1.54) is 56.1 Å². The molecule has 2 bridgehead atoms. The molecular formula is C35H46N4O. The highest BCUT2D eigenvalue weighted by Crippen LogP contribution is 2.48. The van der Waals surface area contributed by atoms with Crippen LogP contribution in [0, 0.1) is 12.3 Å². The minimum atomic E-state index is -0.0464. The highest BCUT2D eigenvalue weighted by Gasteiger charge is 2.48. The molecule has 3 aliphatic heterocycles. The number of imidazole rings is 1. The van der Waals surface area contributed by atoms with Crippen LogP contribution >= 0.6 is 0 Å². The Morgan fingerprint density at radius 1 is 0.900 bits per heavy atom. The average Bonchev–Trinajstić information content (AvgIpc) is 3.42. The molecule has 4 aliphatic rings. The van der Waals surface area contributed by atoms with Crippen molar-refractivity contribution in [2.75, 3.05) is 19.6 Å². The van der Waals surface area contributed by atoms with Crippen LogP contribution < -0.4 is 0 Å². The molecule has 1 amide bonds. The summed E-state index contributed by atoms with van der Waals surface area (Å²) in [7, 11) is 0. The molecule has 1 aromatic heterocycles. The van der Waals surface area contributed by atoms with E-state index in [-0.39, 0.29) is 10.8 Å². The summed E-state index contributed by atoms with van der Waals surface area (Å²) in [6, 6.07) is 21.8. The third kappa shape index (κ3) is 4.31. The molecule has 3 saturated heterocycles. The Bertz CT molecular complexity index is 1330. The Balaban J connectivity index is 1.06. The van der Waals surface area contributed by atoms with Crippen LogP contribution in [-0.4, -0.2) is 57.0 Å². The summed E-state index contributed by atoms with van der Waals surface area (Å²) in [5.41, 5.74) is 4.04. The van der Waals surface area contributed by atoms with Gasteiger partial charge >= 0.3 is 0 Å². The van der Waals surface area contributed by atoms with Crippen molar-refractivity contribution in [3.05, 3.63) is 66.0 Å². The van der Waals surface area contributed by atoms with Crippen molar-refractivity contribution < 1.29 is 4.79 Å². The average molecular weight is 539 g/mol. The monoisotopic (exact) mass is 538 g/mol. The van der Waals surface area contributed by atoms with Gasteiger partial charge < -0.3 is 9.47 Å². The van der Waals surface area contributed by atoms with Gasteiger partial charge in [0, 0.05) is 36.6 Å². The maximum Gasteiger partial charge on any atom is 0.228 e. The first kappa shape index (κ1) is 26.3. The molecule has 7 rings (SSSR count). The van der Waals surface area contributed by atoms with Gasteiger partial charge in [0.25, 0.3) is 0 Å². The lowest BCUT2D eigenvalue weighted by Gasteiger charge is -2.49. The molecule has 5 nitrogen and oxygen atoms in total. The second kappa shape index (κ2) is 10.3. The predicted molar refractivity (Wildman–Crippen MR) is 161 cm³/mol. The molecule has 0 radical (unpaired) electrons. The smallest absolute Gasteiger partial charge is 0.228 e. The minimum absolute atomic E-state index is 0.0464. The fourth-order valence-electron chi connectivity index (χ4n) is 9.06.